The molecule has 0 bridgehead atoms. The van der Waals surface area contributed by atoms with Gasteiger partial charge in [-0.15, -0.1) is 0 Å². The van der Waals surface area contributed by atoms with E-state index in [4.69, 9.17) is 5.26 Å². The van der Waals surface area contributed by atoms with Crippen molar-refractivity contribution in [2.45, 2.75) is 38.2 Å². The normalized spacial score (nSPS) is 30.7. The summed E-state index contributed by atoms with van der Waals surface area (Å²) in [5.74, 6) is 0.570. The Kier molecular flexibility index (Phi) is 3.92. The number of hydrogen-bond acceptors (Lipinski definition) is 3. The Balaban J connectivity index is 1.79. The number of amides is 1. The molecule has 0 aromatic heterocycles. The second-order valence-electron chi connectivity index (χ2n) is 6.62. The smallest absolute Gasteiger partial charge is 0.253 e. The van der Waals surface area contributed by atoms with Crippen molar-refractivity contribution >= 4 is 5.91 Å². The number of aliphatic hydroxyl groups is 1. The van der Waals surface area contributed by atoms with E-state index in [1.54, 1.807) is 24.3 Å². The Labute approximate surface area is 131 Å². The van der Waals surface area contributed by atoms with Crippen LogP contribution in [0.4, 0.5) is 0 Å². The molecule has 0 unspecified atom stereocenters. The fourth-order valence-corrected chi connectivity index (χ4v) is 4.14. The molecule has 22 heavy (non-hydrogen) atoms. The van der Waals surface area contributed by atoms with Gasteiger partial charge >= 0.3 is 0 Å². The van der Waals surface area contributed by atoms with Crippen LogP contribution in [0.1, 0.15) is 48.5 Å². The van der Waals surface area contributed by atoms with Gasteiger partial charge in [0.05, 0.1) is 17.2 Å². The van der Waals surface area contributed by atoms with Crippen LogP contribution in [0.3, 0.4) is 0 Å². The van der Waals surface area contributed by atoms with E-state index in [1.807, 2.05) is 11.8 Å². The van der Waals surface area contributed by atoms with Crippen LogP contribution in [-0.2, 0) is 0 Å². The predicted molar refractivity (Wildman–Crippen MR) is 83.1 cm³/mol. The summed E-state index contributed by atoms with van der Waals surface area (Å²) >= 11 is 0. The van der Waals surface area contributed by atoms with Crippen LogP contribution in [0.2, 0.25) is 0 Å². The molecular formula is C18H22N2O2. The van der Waals surface area contributed by atoms with Gasteiger partial charge < -0.3 is 10.0 Å². The van der Waals surface area contributed by atoms with E-state index in [2.05, 4.69) is 6.07 Å². The van der Waals surface area contributed by atoms with Crippen molar-refractivity contribution in [2.75, 3.05) is 13.1 Å². The molecule has 1 aromatic carbocycles. The highest BCUT2D eigenvalue weighted by Crippen LogP contribution is 2.44. The number of nitrogens with zero attached hydrogens (tertiary/aromatic N) is 2. The van der Waals surface area contributed by atoms with E-state index in [0.717, 1.165) is 32.2 Å². The van der Waals surface area contributed by atoms with Crippen molar-refractivity contribution in [3.63, 3.8) is 0 Å². The third-order valence-corrected chi connectivity index (χ3v) is 5.45. The third kappa shape index (κ3) is 2.50. The van der Waals surface area contributed by atoms with Crippen molar-refractivity contribution in [1.82, 2.24) is 4.90 Å². The van der Waals surface area contributed by atoms with E-state index >= 15 is 0 Å². The number of carbonyl (C=O) groups excluding carboxylic acids is 1. The van der Waals surface area contributed by atoms with Crippen molar-refractivity contribution in [3.8, 4) is 6.07 Å². The van der Waals surface area contributed by atoms with Gasteiger partial charge in [-0.2, -0.15) is 5.26 Å². The van der Waals surface area contributed by atoms with Crippen LogP contribution in [0.5, 0.6) is 0 Å². The molecule has 1 aliphatic carbocycles. The minimum absolute atomic E-state index is 0.0232. The zero-order chi connectivity index (χ0) is 15.7. The lowest BCUT2D eigenvalue weighted by atomic mass is 9.69. The molecule has 1 N–H and O–H groups in total. The fourth-order valence-electron chi connectivity index (χ4n) is 4.14. The van der Waals surface area contributed by atoms with E-state index in [0.29, 0.717) is 23.6 Å². The summed E-state index contributed by atoms with van der Waals surface area (Å²) in [5.41, 5.74) is 0.456. The van der Waals surface area contributed by atoms with Crippen LogP contribution in [0.15, 0.2) is 24.3 Å². The standard InChI is InChI=1S/C18H22N2O2/c1-2-18(22)8-4-7-15-11-20(12-16(15)18)17(21)14-6-3-5-13(9-14)10-19/h3,5-6,9,15-16,22H,2,4,7-8,11-12H2,1H3/t15-,16+,18-/m1/s1. The average molecular weight is 298 g/mol. The number of hydrogen-bond donors (Lipinski definition) is 1. The Morgan fingerprint density at radius 1 is 1.50 bits per heavy atom. The lowest BCUT2D eigenvalue weighted by Crippen LogP contribution is -2.44. The Bertz CT molecular complexity index is 622. The van der Waals surface area contributed by atoms with Gasteiger partial charge in [-0.05, 0) is 43.4 Å². The number of benzene rings is 1. The van der Waals surface area contributed by atoms with Crippen LogP contribution in [0, 0.1) is 23.2 Å². The first kappa shape index (κ1) is 15.1. The molecule has 4 nitrogen and oxygen atoms in total. The summed E-state index contributed by atoms with van der Waals surface area (Å²) < 4.78 is 0. The monoisotopic (exact) mass is 298 g/mol. The third-order valence-electron chi connectivity index (χ3n) is 5.45. The highest BCUT2D eigenvalue weighted by atomic mass is 16.3. The Morgan fingerprint density at radius 3 is 3.05 bits per heavy atom. The quantitative estimate of drug-likeness (QED) is 0.912. The molecule has 4 heteroatoms. The number of likely N-dealkylation sites (tertiary alicyclic amines) is 1. The molecule has 116 valence electrons. The first-order valence-corrected chi connectivity index (χ1v) is 8.09. The van der Waals surface area contributed by atoms with Gasteiger partial charge in [0.1, 0.15) is 0 Å². The van der Waals surface area contributed by atoms with Crippen molar-refractivity contribution < 1.29 is 9.90 Å². The van der Waals surface area contributed by atoms with Gasteiger partial charge in [-0.3, -0.25) is 4.79 Å². The number of carbonyl (C=O) groups is 1. The maximum absolute atomic E-state index is 12.7. The molecule has 1 saturated heterocycles. The largest absolute Gasteiger partial charge is 0.390 e. The van der Waals surface area contributed by atoms with E-state index in [-0.39, 0.29) is 11.8 Å². The van der Waals surface area contributed by atoms with E-state index in [9.17, 15) is 9.90 Å². The van der Waals surface area contributed by atoms with Gasteiger partial charge in [0, 0.05) is 24.6 Å². The summed E-state index contributed by atoms with van der Waals surface area (Å²) in [6.45, 7) is 3.39. The predicted octanol–water partition coefficient (Wildman–Crippen LogP) is 2.57. The lowest BCUT2D eigenvalue weighted by Gasteiger charge is -2.40. The highest BCUT2D eigenvalue weighted by Gasteiger charge is 2.48. The van der Waals surface area contributed by atoms with Crippen molar-refractivity contribution in [2.24, 2.45) is 11.8 Å². The molecular weight excluding hydrogens is 276 g/mol. The zero-order valence-corrected chi connectivity index (χ0v) is 13.0. The molecule has 3 atom stereocenters. The molecule has 1 aromatic rings. The average Bonchev–Trinajstić information content (AvgIpc) is 3.00. The minimum Gasteiger partial charge on any atom is -0.390 e. The second-order valence-corrected chi connectivity index (χ2v) is 6.62. The van der Waals surface area contributed by atoms with Gasteiger partial charge in [0.15, 0.2) is 0 Å². The molecule has 3 rings (SSSR count). The summed E-state index contributed by atoms with van der Waals surface area (Å²) in [4.78, 5) is 14.6. The van der Waals surface area contributed by atoms with Crippen molar-refractivity contribution in [1.29, 1.82) is 5.26 Å². The number of fused-ring (bicyclic) bond motifs is 1. The molecule has 1 saturated carbocycles. The molecule has 0 radical (unpaired) electrons. The van der Waals surface area contributed by atoms with Gasteiger partial charge in [0.25, 0.3) is 5.91 Å². The first-order valence-electron chi connectivity index (χ1n) is 8.09. The molecule has 1 aliphatic heterocycles. The van der Waals surface area contributed by atoms with Crippen LogP contribution in [0.25, 0.3) is 0 Å². The molecule has 2 fully saturated rings. The summed E-state index contributed by atoms with van der Waals surface area (Å²) in [7, 11) is 0. The maximum Gasteiger partial charge on any atom is 0.253 e. The van der Waals surface area contributed by atoms with E-state index in [1.165, 1.54) is 0 Å². The molecule has 1 heterocycles. The first-order chi connectivity index (χ1) is 10.6. The highest BCUT2D eigenvalue weighted by molar-refractivity contribution is 5.94. The topological polar surface area (TPSA) is 64.3 Å². The van der Waals surface area contributed by atoms with E-state index < -0.39 is 5.60 Å². The molecule has 0 spiro atoms. The Hall–Kier alpha value is -1.86. The number of nitriles is 1. The maximum atomic E-state index is 12.7. The SMILES string of the molecule is CC[C@@]1(O)CCC[C@@H]2CN(C(=O)c3cccc(C#N)c3)C[C@@H]21. The van der Waals surface area contributed by atoms with Crippen LogP contribution in [-0.4, -0.2) is 34.6 Å². The summed E-state index contributed by atoms with van der Waals surface area (Å²) in [6, 6.07) is 8.94. The second kappa shape index (κ2) is 5.73. The fraction of sp³-hybridized carbons (Fsp3) is 0.556. The zero-order valence-electron chi connectivity index (χ0n) is 13.0. The van der Waals surface area contributed by atoms with Gasteiger partial charge in [-0.25, -0.2) is 0 Å². The lowest BCUT2D eigenvalue weighted by molar-refractivity contribution is -0.0609. The minimum atomic E-state index is -0.619. The Morgan fingerprint density at radius 2 is 2.32 bits per heavy atom. The van der Waals surface area contributed by atoms with Gasteiger partial charge in [0.2, 0.25) is 0 Å². The van der Waals surface area contributed by atoms with Crippen molar-refractivity contribution in [3.05, 3.63) is 35.4 Å². The molecule has 1 amide bonds. The summed E-state index contributed by atoms with van der Waals surface area (Å²) in [5, 5.41) is 19.8. The van der Waals surface area contributed by atoms with Crippen LogP contribution < -0.4 is 0 Å². The molecule has 2 aliphatic rings. The summed E-state index contributed by atoms with van der Waals surface area (Å²) in [6.07, 6.45) is 3.73. The van der Waals surface area contributed by atoms with Gasteiger partial charge in [-0.1, -0.05) is 19.4 Å². The van der Waals surface area contributed by atoms with Crippen LogP contribution >= 0.6 is 0 Å². The number of rotatable bonds is 2.